The van der Waals surface area contributed by atoms with E-state index in [0.29, 0.717) is 6.04 Å². The third kappa shape index (κ3) is 3.40. The minimum atomic E-state index is 0. The van der Waals surface area contributed by atoms with Gasteiger partial charge in [0.25, 0.3) is 0 Å². The molecule has 140 valence electrons. The number of anilines is 1. The summed E-state index contributed by atoms with van der Waals surface area (Å²) in [5, 5.41) is 6.74. The molecular formula is C20H22ClN5S. The van der Waals surface area contributed by atoms with Crippen molar-refractivity contribution in [2.24, 2.45) is 12.8 Å². The van der Waals surface area contributed by atoms with Crippen LogP contribution >= 0.6 is 23.7 Å². The third-order valence-electron chi connectivity index (χ3n) is 5.14. The number of rotatable bonds is 2. The zero-order valence-electron chi connectivity index (χ0n) is 15.1. The second-order valence-corrected chi connectivity index (χ2v) is 8.09. The van der Waals surface area contributed by atoms with Gasteiger partial charge in [0.05, 0.1) is 15.7 Å². The molecule has 0 aliphatic carbocycles. The molecule has 0 saturated carbocycles. The third-order valence-corrected chi connectivity index (χ3v) is 6.22. The topological polar surface area (TPSA) is 60.0 Å². The first-order valence-electron chi connectivity index (χ1n) is 9.01. The van der Waals surface area contributed by atoms with E-state index in [4.69, 9.17) is 10.7 Å². The fourth-order valence-electron chi connectivity index (χ4n) is 3.65. The van der Waals surface area contributed by atoms with E-state index in [1.54, 1.807) is 11.3 Å². The van der Waals surface area contributed by atoms with E-state index in [2.05, 4.69) is 52.6 Å². The molecule has 1 aliphatic rings. The summed E-state index contributed by atoms with van der Waals surface area (Å²) in [5.41, 5.74) is 10.6. The first kappa shape index (κ1) is 18.2. The minimum absolute atomic E-state index is 0. The van der Waals surface area contributed by atoms with Crippen LogP contribution in [0.2, 0.25) is 0 Å². The van der Waals surface area contributed by atoms with Crippen LogP contribution in [0.5, 0.6) is 0 Å². The molecule has 3 heterocycles. The van der Waals surface area contributed by atoms with E-state index >= 15 is 0 Å². The first-order chi connectivity index (χ1) is 12.7. The van der Waals surface area contributed by atoms with Crippen LogP contribution in [0, 0.1) is 0 Å². The van der Waals surface area contributed by atoms with Crippen molar-refractivity contribution in [2.45, 2.75) is 18.9 Å². The lowest BCUT2D eigenvalue weighted by molar-refractivity contribution is 0.501. The number of piperidine rings is 1. The number of aryl methyl sites for hydroxylation is 1. The highest BCUT2D eigenvalue weighted by Gasteiger charge is 2.19. The molecule has 27 heavy (non-hydrogen) atoms. The van der Waals surface area contributed by atoms with Crippen molar-refractivity contribution in [2.75, 3.05) is 18.0 Å². The van der Waals surface area contributed by atoms with E-state index in [9.17, 15) is 0 Å². The molecule has 0 bridgehead atoms. The number of halogens is 1. The predicted octanol–water partition coefficient (Wildman–Crippen LogP) is 4.20. The van der Waals surface area contributed by atoms with Gasteiger partial charge >= 0.3 is 0 Å². The van der Waals surface area contributed by atoms with Gasteiger partial charge in [-0.05, 0) is 48.2 Å². The van der Waals surface area contributed by atoms with Gasteiger partial charge in [0, 0.05) is 37.8 Å². The van der Waals surface area contributed by atoms with Gasteiger partial charge in [-0.2, -0.15) is 5.10 Å². The lowest BCUT2D eigenvalue weighted by Gasteiger charge is -2.29. The van der Waals surface area contributed by atoms with Gasteiger partial charge in [-0.15, -0.1) is 12.4 Å². The quantitative estimate of drug-likeness (QED) is 0.548. The number of thiazole rings is 1. The SMILES string of the molecule is Cl.Cn1cc2cc(-c3ccc4nc(N5CCC(N)CC5)sc4c3)ccc2n1. The Kier molecular flexibility index (Phi) is 4.80. The Morgan fingerprint density at radius 2 is 1.74 bits per heavy atom. The van der Waals surface area contributed by atoms with Gasteiger partial charge < -0.3 is 10.6 Å². The van der Waals surface area contributed by atoms with Crippen LogP contribution in [0.3, 0.4) is 0 Å². The van der Waals surface area contributed by atoms with Gasteiger partial charge in [-0.3, -0.25) is 4.68 Å². The van der Waals surface area contributed by atoms with Crippen LogP contribution in [-0.2, 0) is 7.05 Å². The molecule has 0 amide bonds. The number of nitrogens with two attached hydrogens (primary N) is 1. The van der Waals surface area contributed by atoms with Crippen molar-refractivity contribution in [3.8, 4) is 11.1 Å². The molecule has 2 aromatic carbocycles. The van der Waals surface area contributed by atoms with E-state index in [0.717, 1.165) is 42.1 Å². The van der Waals surface area contributed by atoms with Crippen LogP contribution in [0.1, 0.15) is 12.8 Å². The van der Waals surface area contributed by atoms with Crippen molar-refractivity contribution in [1.29, 1.82) is 0 Å². The molecule has 5 nitrogen and oxygen atoms in total. The molecular weight excluding hydrogens is 378 g/mol. The van der Waals surface area contributed by atoms with Gasteiger partial charge in [0.2, 0.25) is 0 Å². The second-order valence-electron chi connectivity index (χ2n) is 7.08. The Hall–Kier alpha value is -2.15. The first-order valence-corrected chi connectivity index (χ1v) is 9.82. The van der Waals surface area contributed by atoms with Crippen molar-refractivity contribution in [3.05, 3.63) is 42.6 Å². The maximum atomic E-state index is 6.03. The van der Waals surface area contributed by atoms with Crippen LogP contribution in [0.4, 0.5) is 5.13 Å². The lowest BCUT2D eigenvalue weighted by Crippen LogP contribution is -2.39. The largest absolute Gasteiger partial charge is 0.348 e. The van der Waals surface area contributed by atoms with Gasteiger partial charge in [-0.25, -0.2) is 4.98 Å². The Balaban J connectivity index is 0.00000180. The Morgan fingerprint density at radius 3 is 2.52 bits per heavy atom. The van der Waals surface area contributed by atoms with E-state index in [-0.39, 0.29) is 12.4 Å². The summed E-state index contributed by atoms with van der Waals surface area (Å²) in [7, 11) is 1.96. The molecule has 2 aromatic heterocycles. The summed E-state index contributed by atoms with van der Waals surface area (Å²) >= 11 is 1.78. The van der Waals surface area contributed by atoms with Crippen LogP contribution in [-0.4, -0.2) is 33.9 Å². The summed E-state index contributed by atoms with van der Waals surface area (Å²) in [5.74, 6) is 0. The zero-order chi connectivity index (χ0) is 17.7. The van der Waals surface area contributed by atoms with Crippen molar-refractivity contribution in [3.63, 3.8) is 0 Å². The molecule has 1 saturated heterocycles. The summed E-state index contributed by atoms with van der Waals surface area (Å²) in [6, 6.07) is 13.3. The van der Waals surface area contributed by atoms with Crippen molar-refractivity contribution < 1.29 is 0 Å². The molecule has 5 rings (SSSR count). The van der Waals surface area contributed by atoms with Gasteiger partial charge in [0.15, 0.2) is 5.13 Å². The molecule has 7 heteroatoms. The molecule has 0 atom stereocenters. The summed E-state index contributed by atoms with van der Waals surface area (Å²) < 4.78 is 3.09. The molecule has 1 aliphatic heterocycles. The maximum absolute atomic E-state index is 6.03. The normalized spacial score (nSPS) is 15.4. The van der Waals surface area contributed by atoms with Crippen LogP contribution in [0.25, 0.3) is 32.2 Å². The molecule has 0 spiro atoms. The minimum Gasteiger partial charge on any atom is -0.348 e. The highest BCUT2D eigenvalue weighted by molar-refractivity contribution is 7.22. The zero-order valence-corrected chi connectivity index (χ0v) is 16.8. The Labute approximate surface area is 168 Å². The predicted molar refractivity (Wildman–Crippen MR) is 116 cm³/mol. The molecule has 4 aromatic rings. The molecule has 0 radical (unpaired) electrons. The number of hydrogen-bond acceptors (Lipinski definition) is 5. The van der Waals surface area contributed by atoms with Crippen LogP contribution < -0.4 is 10.6 Å². The average Bonchev–Trinajstić information content (AvgIpc) is 3.23. The lowest BCUT2D eigenvalue weighted by atomic mass is 10.0. The fraction of sp³-hybridized carbons (Fsp3) is 0.300. The number of hydrogen-bond donors (Lipinski definition) is 1. The highest BCUT2D eigenvalue weighted by Crippen LogP contribution is 2.34. The van der Waals surface area contributed by atoms with Gasteiger partial charge in [-0.1, -0.05) is 23.5 Å². The number of aromatic nitrogens is 3. The summed E-state index contributed by atoms with van der Waals surface area (Å²) in [6.45, 7) is 2.01. The van der Waals surface area contributed by atoms with Crippen LogP contribution in [0.15, 0.2) is 42.6 Å². The average molecular weight is 400 g/mol. The van der Waals surface area contributed by atoms with Gasteiger partial charge in [0.1, 0.15) is 0 Å². The summed E-state index contributed by atoms with van der Waals surface area (Å²) in [6.07, 6.45) is 4.15. The second kappa shape index (κ2) is 7.11. The smallest absolute Gasteiger partial charge is 0.186 e. The monoisotopic (exact) mass is 399 g/mol. The Bertz CT molecular complexity index is 1090. The maximum Gasteiger partial charge on any atom is 0.186 e. The fourth-order valence-corrected chi connectivity index (χ4v) is 4.70. The summed E-state index contributed by atoms with van der Waals surface area (Å²) in [4.78, 5) is 7.21. The van der Waals surface area contributed by atoms with Crippen molar-refractivity contribution >= 4 is 50.0 Å². The number of benzene rings is 2. The number of nitrogens with zero attached hydrogens (tertiary/aromatic N) is 4. The van der Waals surface area contributed by atoms with E-state index < -0.39 is 0 Å². The van der Waals surface area contributed by atoms with E-state index in [1.807, 2.05) is 11.7 Å². The van der Waals surface area contributed by atoms with E-state index in [1.165, 1.54) is 21.2 Å². The molecule has 2 N–H and O–H groups in total. The highest BCUT2D eigenvalue weighted by atomic mass is 35.5. The number of fused-ring (bicyclic) bond motifs is 2. The molecule has 0 unspecified atom stereocenters. The standard InChI is InChI=1S/C20H21N5S.ClH/c1-24-12-15-10-13(2-4-17(15)23-24)14-3-5-18-19(11-14)26-20(22-18)25-8-6-16(21)7-9-25;/h2-5,10-12,16H,6-9,21H2,1H3;1H. The Morgan fingerprint density at radius 1 is 1.04 bits per heavy atom. The molecule has 1 fully saturated rings. The van der Waals surface area contributed by atoms with Crippen molar-refractivity contribution in [1.82, 2.24) is 14.8 Å².